The van der Waals surface area contributed by atoms with E-state index in [2.05, 4.69) is 19.9 Å². The van der Waals surface area contributed by atoms with Gasteiger partial charge in [-0.25, -0.2) is 0 Å². The zero-order chi connectivity index (χ0) is 10.3. The Morgan fingerprint density at radius 1 is 1.50 bits per heavy atom. The van der Waals surface area contributed by atoms with Crippen molar-refractivity contribution < 1.29 is 0 Å². The number of nitrogens with two attached hydrogens (primary N) is 1. The third kappa shape index (κ3) is 5.07. The van der Waals surface area contributed by atoms with Gasteiger partial charge in [0.2, 0.25) is 0 Å². The normalized spacial score (nSPS) is 21.3. The Morgan fingerprint density at radius 2 is 2.07 bits per heavy atom. The van der Waals surface area contributed by atoms with Crippen LogP contribution in [0.25, 0.3) is 0 Å². The summed E-state index contributed by atoms with van der Waals surface area (Å²) < 4.78 is 0. The van der Waals surface area contributed by atoms with Crippen LogP contribution in [0.1, 0.15) is 47.0 Å². The van der Waals surface area contributed by atoms with Crippen molar-refractivity contribution in [1.29, 1.82) is 0 Å². The van der Waals surface area contributed by atoms with E-state index in [4.69, 9.17) is 5.73 Å². The van der Waals surface area contributed by atoms with Crippen LogP contribution in [0.2, 0.25) is 0 Å². The number of hydrogen-bond acceptors (Lipinski definition) is 2. The summed E-state index contributed by atoms with van der Waals surface area (Å²) in [6.45, 7) is 8.33. The number of allylic oxidation sites excluding steroid dienone is 3. The van der Waals surface area contributed by atoms with Crippen LogP contribution in [-0.2, 0) is 0 Å². The maximum Gasteiger partial charge on any atom is -0.00703 e. The minimum atomic E-state index is 0. The fourth-order valence-corrected chi connectivity index (χ4v) is 1.51. The van der Waals surface area contributed by atoms with Crippen molar-refractivity contribution in [1.82, 2.24) is 6.15 Å². The Hall–Kier alpha value is -0.760. The van der Waals surface area contributed by atoms with Gasteiger partial charge in [0, 0.05) is 0 Å². The van der Waals surface area contributed by atoms with Crippen molar-refractivity contribution in [2.45, 2.75) is 47.0 Å². The van der Waals surface area contributed by atoms with Gasteiger partial charge in [0.05, 0.1) is 0 Å². The molecular weight excluding hydrogens is 172 g/mol. The summed E-state index contributed by atoms with van der Waals surface area (Å²) in [6.07, 6.45) is 7.80. The zero-order valence-corrected chi connectivity index (χ0v) is 10.1. The molecule has 2 heteroatoms. The summed E-state index contributed by atoms with van der Waals surface area (Å²) in [7, 11) is 0. The largest absolute Gasteiger partial charge is 0.405 e. The van der Waals surface area contributed by atoms with Crippen LogP contribution in [0, 0.1) is 5.92 Å². The standard InChI is InChI=1S/C10H17N.C2H6.H3N/c1-8-3-5-10(6-4-8)9(2)7-11;1-2;/h3,7,10H,4-6,11H2,1-2H3;1-2H3;1H3/b9-7+;;. The van der Waals surface area contributed by atoms with Crippen LogP contribution in [-0.4, -0.2) is 0 Å². The lowest BCUT2D eigenvalue weighted by molar-refractivity contribution is 0.538. The maximum absolute atomic E-state index is 5.45. The molecule has 0 saturated heterocycles. The molecule has 0 amide bonds. The van der Waals surface area contributed by atoms with Crippen LogP contribution in [0.15, 0.2) is 23.4 Å². The first-order valence-corrected chi connectivity index (χ1v) is 5.28. The van der Waals surface area contributed by atoms with Crippen LogP contribution < -0.4 is 11.9 Å². The summed E-state index contributed by atoms with van der Waals surface area (Å²) in [5.41, 5.74) is 8.33. The zero-order valence-electron chi connectivity index (χ0n) is 10.1. The predicted molar refractivity (Wildman–Crippen MR) is 65.4 cm³/mol. The second kappa shape index (κ2) is 8.82. The highest BCUT2D eigenvalue weighted by molar-refractivity contribution is 5.11. The van der Waals surface area contributed by atoms with Crippen molar-refractivity contribution in [2.75, 3.05) is 0 Å². The lowest BCUT2D eigenvalue weighted by atomic mass is 9.86. The summed E-state index contributed by atoms with van der Waals surface area (Å²) in [5.74, 6) is 0.712. The van der Waals surface area contributed by atoms with Crippen molar-refractivity contribution in [2.24, 2.45) is 11.7 Å². The van der Waals surface area contributed by atoms with Crippen molar-refractivity contribution >= 4 is 0 Å². The van der Waals surface area contributed by atoms with Gasteiger partial charge < -0.3 is 11.9 Å². The Bertz CT molecular complexity index is 192. The molecule has 14 heavy (non-hydrogen) atoms. The summed E-state index contributed by atoms with van der Waals surface area (Å²) in [6, 6.07) is 0. The Balaban J connectivity index is 0. The molecule has 1 atom stereocenters. The van der Waals surface area contributed by atoms with E-state index < -0.39 is 0 Å². The summed E-state index contributed by atoms with van der Waals surface area (Å²) in [4.78, 5) is 0. The van der Waals surface area contributed by atoms with Gasteiger partial charge in [0.1, 0.15) is 0 Å². The third-order valence-corrected chi connectivity index (χ3v) is 2.54. The molecule has 0 fully saturated rings. The number of hydrogen-bond donors (Lipinski definition) is 2. The van der Waals surface area contributed by atoms with Crippen LogP contribution in [0.3, 0.4) is 0 Å². The topological polar surface area (TPSA) is 61.0 Å². The molecule has 0 heterocycles. The molecular formula is C12H26N2. The fourth-order valence-electron chi connectivity index (χ4n) is 1.51. The summed E-state index contributed by atoms with van der Waals surface area (Å²) >= 11 is 0. The summed E-state index contributed by atoms with van der Waals surface area (Å²) in [5, 5.41) is 0. The molecule has 0 spiro atoms. The lowest BCUT2D eigenvalue weighted by Crippen LogP contribution is -2.07. The molecule has 0 aromatic carbocycles. The van der Waals surface area contributed by atoms with Gasteiger partial charge >= 0.3 is 0 Å². The van der Waals surface area contributed by atoms with Gasteiger partial charge in [-0.2, -0.15) is 0 Å². The average molecular weight is 198 g/mol. The SMILES string of the molecule is CC.CC1=CCC(/C(C)=C/N)CC1.N. The molecule has 1 aliphatic carbocycles. The molecule has 0 radical (unpaired) electrons. The monoisotopic (exact) mass is 198 g/mol. The van der Waals surface area contributed by atoms with Crippen LogP contribution >= 0.6 is 0 Å². The molecule has 0 bridgehead atoms. The van der Waals surface area contributed by atoms with Gasteiger partial charge in [0.25, 0.3) is 0 Å². The highest BCUT2D eigenvalue weighted by Crippen LogP contribution is 2.27. The van der Waals surface area contributed by atoms with E-state index in [-0.39, 0.29) is 6.15 Å². The second-order valence-electron chi connectivity index (χ2n) is 3.43. The van der Waals surface area contributed by atoms with Gasteiger partial charge in [-0.3, -0.25) is 0 Å². The van der Waals surface area contributed by atoms with E-state index in [9.17, 15) is 0 Å². The molecule has 84 valence electrons. The number of rotatable bonds is 1. The quantitative estimate of drug-likeness (QED) is 0.630. The smallest absolute Gasteiger partial charge is 0.00703 e. The van der Waals surface area contributed by atoms with Gasteiger partial charge in [0.15, 0.2) is 0 Å². The molecule has 0 aliphatic heterocycles. The minimum absolute atomic E-state index is 0. The first-order valence-electron chi connectivity index (χ1n) is 5.28. The van der Waals surface area contributed by atoms with E-state index in [1.165, 1.54) is 30.4 Å². The van der Waals surface area contributed by atoms with Crippen LogP contribution in [0.5, 0.6) is 0 Å². The molecule has 1 rings (SSSR count). The fraction of sp³-hybridized carbons (Fsp3) is 0.667. The highest BCUT2D eigenvalue weighted by atomic mass is 14.5. The van der Waals surface area contributed by atoms with E-state index in [0.717, 1.165) is 0 Å². The Morgan fingerprint density at radius 3 is 2.43 bits per heavy atom. The molecule has 0 aromatic heterocycles. The third-order valence-electron chi connectivity index (χ3n) is 2.54. The lowest BCUT2D eigenvalue weighted by Gasteiger charge is -2.20. The second-order valence-corrected chi connectivity index (χ2v) is 3.43. The predicted octanol–water partition coefficient (Wildman–Crippen LogP) is 3.78. The first-order chi connectivity index (χ1) is 6.24. The van der Waals surface area contributed by atoms with E-state index in [1.54, 1.807) is 6.20 Å². The molecule has 1 aliphatic rings. The first kappa shape index (κ1) is 15.7. The Labute approximate surface area is 88.9 Å². The van der Waals surface area contributed by atoms with Crippen molar-refractivity contribution in [3.8, 4) is 0 Å². The van der Waals surface area contributed by atoms with Crippen molar-refractivity contribution in [3.63, 3.8) is 0 Å². The minimum Gasteiger partial charge on any atom is -0.405 e. The van der Waals surface area contributed by atoms with E-state index in [0.29, 0.717) is 5.92 Å². The molecule has 1 unspecified atom stereocenters. The molecule has 0 aromatic rings. The highest BCUT2D eigenvalue weighted by Gasteiger charge is 2.12. The molecule has 2 nitrogen and oxygen atoms in total. The van der Waals surface area contributed by atoms with E-state index in [1.807, 2.05) is 13.8 Å². The van der Waals surface area contributed by atoms with Gasteiger partial charge in [-0.05, 0) is 45.2 Å². The van der Waals surface area contributed by atoms with Gasteiger partial charge in [-0.1, -0.05) is 31.1 Å². The average Bonchev–Trinajstić information content (AvgIpc) is 2.21. The maximum atomic E-state index is 5.45. The van der Waals surface area contributed by atoms with Crippen molar-refractivity contribution in [3.05, 3.63) is 23.4 Å². The van der Waals surface area contributed by atoms with Gasteiger partial charge in [-0.15, -0.1) is 0 Å². The van der Waals surface area contributed by atoms with E-state index >= 15 is 0 Å². The van der Waals surface area contributed by atoms with Crippen LogP contribution in [0.4, 0.5) is 0 Å². The Kier molecular flexibility index (Phi) is 9.89. The molecule has 0 saturated carbocycles. The molecule has 5 N–H and O–H groups in total.